The smallest absolute Gasteiger partial charge is 0.404 e. The first-order valence-corrected chi connectivity index (χ1v) is 8.63. The summed E-state index contributed by atoms with van der Waals surface area (Å²) in [7, 11) is 0. The van der Waals surface area contributed by atoms with Crippen LogP contribution in [0.5, 0.6) is 5.75 Å². The molecule has 29 heavy (non-hydrogen) atoms. The third-order valence-electron chi connectivity index (χ3n) is 4.35. The molecule has 0 spiro atoms. The van der Waals surface area contributed by atoms with Crippen molar-refractivity contribution in [1.82, 2.24) is 4.90 Å². The largest absolute Gasteiger partial charge is 0.573 e. The van der Waals surface area contributed by atoms with Crippen molar-refractivity contribution >= 4 is 23.1 Å². The zero-order valence-electron chi connectivity index (χ0n) is 15.1. The number of piperazine rings is 1. The van der Waals surface area contributed by atoms with E-state index < -0.39 is 23.1 Å². The number of amides is 2. The number of nitrogens with zero attached hydrogens (tertiary/aromatic N) is 3. The van der Waals surface area contributed by atoms with Crippen LogP contribution in [-0.4, -0.2) is 48.4 Å². The second kappa shape index (κ2) is 8.25. The van der Waals surface area contributed by atoms with Crippen LogP contribution in [0.15, 0.2) is 48.5 Å². The van der Waals surface area contributed by atoms with E-state index in [4.69, 9.17) is 0 Å². The molecule has 0 unspecified atom stereocenters. The van der Waals surface area contributed by atoms with Crippen molar-refractivity contribution in [3.05, 3.63) is 58.6 Å². The Balaban J connectivity index is 1.59. The Morgan fingerprint density at radius 3 is 2.24 bits per heavy atom. The molecule has 0 atom stereocenters. The molecule has 11 heteroatoms. The van der Waals surface area contributed by atoms with E-state index in [-0.39, 0.29) is 11.4 Å². The van der Waals surface area contributed by atoms with Gasteiger partial charge in [-0.3, -0.25) is 10.1 Å². The summed E-state index contributed by atoms with van der Waals surface area (Å²) in [6, 6.07) is 10.9. The molecule has 0 saturated carbocycles. The van der Waals surface area contributed by atoms with Gasteiger partial charge in [-0.15, -0.1) is 13.2 Å². The molecule has 1 aliphatic heterocycles. The highest BCUT2D eigenvalue weighted by molar-refractivity contribution is 5.91. The number of hydrogen-bond acceptors (Lipinski definition) is 5. The van der Waals surface area contributed by atoms with E-state index in [9.17, 15) is 28.1 Å². The molecule has 0 radical (unpaired) electrons. The first-order chi connectivity index (χ1) is 13.7. The van der Waals surface area contributed by atoms with Crippen molar-refractivity contribution < 1.29 is 27.6 Å². The number of carbonyl (C=O) groups is 1. The average molecular weight is 410 g/mol. The molecule has 1 saturated heterocycles. The minimum Gasteiger partial charge on any atom is -0.404 e. The lowest BCUT2D eigenvalue weighted by Crippen LogP contribution is -2.50. The number of alkyl halides is 3. The number of benzene rings is 2. The molecule has 1 aliphatic rings. The molecular formula is C18H17F3N4O4. The molecular weight excluding hydrogens is 393 g/mol. The standard InChI is InChI=1S/C18H17F3N4O4/c19-18(20,21)29-16-4-2-1-3-15(16)22-17(26)24-11-9-23(10-12-24)13-5-7-14(8-6-13)25(27)28/h1-8H,9-12H2,(H,22,26). The number of nitro benzene ring substituents is 1. The van der Waals surface area contributed by atoms with Crippen molar-refractivity contribution in [2.24, 2.45) is 0 Å². The third kappa shape index (κ3) is 5.27. The lowest BCUT2D eigenvalue weighted by molar-refractivity contribution is -0.384. The van der Waals surface area contributed by atoms with Crippen molar-refractivity contribution in [3.8, 4) is 5.75 Å². The fourth-order valence-electron chi connectivity index (χ4n) is 2.93. The summed E-state index contributed by atoms with van der Waals surface area (Å²) in [6.45, 7) is 1.63. The van der Waals surface area contributed by atoms with Gasteiger partial charge < -0.3 is 19.9 Å². The predicted octanol–water partition coefficient (Wildman–Crippen LogP) is 3.85. The predicted molar refractivity (Wildman–Crippen MR) is 99.0 cm³/mol. The monoisotopic (exact) mass is 410 g/mol. The maximum absolute atomic E-state index is 12.5. The SMILES string of the molecule is O=C(Nc1ccccc1OC(F)(F)F)N1CCN(c2ccc([N+](=O)[O-])cc2)CC1. The Hall–Kier alpha value is -3.50. The van der Waals surface area contributed by atoms with E-state index in [1.54, 1.807) is 12.1 Å². The molecule has 2 aromatic carbocycles. The summed E-state index contributed by atoms with van der Waals surface area (Å²) in [5.41, 5.74) is 0.707. The highest BCUT2D eigenvalue weighted by Crippen LogP contribution is 2.30. The second-order valence-electron chi connectivity index (χ2n) is 6.22. The molecule has 1 heterocycles. The van der Waals surface area contributed by atoms with Crippen LogP contribution in [0.4, 0.5) is 35.0 Å². The zero-order valence-corrected chi connectivity index (χ0v) is 15.1. The highest BCUT2D eigenvalue weighted by atomic mass is 19.4. The first kappa shape index (κ1) is 20.2. The van der Waals surface area contributed by atoms with E-state index in [1.807, 2.05) is 4.90 Å². The molecule has 1 N–H and O–H groups in total. The van der Waals surface area contributed by atoms with E-state index >= 15 is 0 Å². The van der Waals surface area contributed by atoms with Gasteiger partial charge in [-0.1, -0.05) is 12.1 Å². The van der Waals surface area contributed by atoms with Crippen LogP contribution in [0.2, 0.25) is 0 Å². The number of rotatable bonds is 4. The first-order valence-electron chi connectivity index (χ1n) is 8.63. The summed E-state index contributed by atoms with van der Waals surface area (Å²) < 4.78 is 41.4. The fourth-order valence-corrected chi connectivity index (χ4v) is 2.93. The highest BCUT2D eigenvalue weighted by Gasteiger charge is 2.32. The minimum atomic E-state index is -4.86. The lowest BCUT2D eigenvalue weighted by atomic mass is 10.2. The van der Waals surface area contributed by atoms with Crippen LogP contribution in [0.3, 0.4) is 0 Å². The number of para-hydroxylation sites is 2. The number of non-ortho nitro benzene ring substituents is 1. The lowest BCUT2D eigenvalue weighted by Gasteiger charge is -2.36. The van der Waals surface area contributed by atoms with Gasteiger partial charge in [0, 0.05) is 44.0 Å². The van der Waals surface area contributed by atoms with Gasteiger partial charge in [0.15, 0.2) is 5.75 Å². The van der Waals surface area contributed by atoms with Crippen LogP contribution < -0.4 is 15.0 Å². The summed E-state index contributed by atoms with van der Waals surface area (Å²) in [4.78, 5) is 26.1. The van der Waals surface area contributed by atoms with Crippen molar-refractivity contribution in [1.29, 1.82) is 0 Å². The summed E-state index contributed by atoms with van der Waals surface area (Å²) in [6.07, 6.45) is -4.86. The number of nitro groups is 1. The maximum atomic E-state index is 12.5. The Morgan fingerprint density at radius 2 is 1.66 bits per heavy atom. The van der Waals surface area contributed by atoms with Crippen LogP contribution in [-0.2, 0) is 0 Å². The summed E-state index contributed by atoms with van der Waals surface area (Å²) in [5, 5.41) is 13.2. The van der Waals surface area contributed by atoms with Crippen LogP contribution in [0, 0.1) is 10.1 Å². The molecule has 0 aliphatic carbocycles. The van der Waals surface area contributed by atoms with Crippen LogP contribution >= 0.6 is 0 Å². The van der Waals surface area contributed by atoms with Gasteiger partial charge in [0.1, 0.15) is 0 Å². The summed E-state index contributed by atoms with van der Waals surface area (Å²) in [5.74, 6) is -0.488. The van der Waals surface area contributed by atoms with Gasteiger partial charge in [-0.05, 0) is 24.3 Å². The van der Waals surface area contributed by atoms with Crippen LogP contribution in [0.1, 0.15) is 0 Å². The number of nitrogens with one attached hydrogen (secondary N) is 1. The van der Waals surface area contributed by atoms with Gasteiger partial charge in [-0.2, -0.15) is 0 Å². The Labute approximate surface area is 163 Å². The molecule has 154 valence electrons. The maximum Gasteiger partial charge on any atom is 0.573 e. The number of halogens is 3. The minimum absolute atomic E-state index is 0.00787. The number of ether oxygens (including phenoxy) is 1. The average Bonchev–Trinajstić information content (AvgIpc) is 2.68. The van der Waals surface area contributed by atoms with E-state index in [1.165, 1.54) is 35.2 Å². The fraction of sp³-hybridized carbons (Fsp3) is 0.278. The normalized spacial score (nSPS) is 14.4. The van der Waals surface area contributed by atoms with Crippen molar-refractivity contribution in [2.75, 3.05) is 36.4 Å². The number of urea groups is 1. The van der Waals surface area contributed by atoms with E-state index in [2.05, 4.69) is 10.1 Å². The number of carbonyl (C=O) groups excluding carboxylic acids is 1. The van der Waals surface area contributed by atoms with Gasteiger partial charge in [0.25, 0.3) is 5.69 Å². The van der Waals surface area contributed by atoms with Gasteiger partial charge in [-0.25, -0.2) is 4.79 Å². The summed E-state index contributed by atoms with van der Waals surface area (Å²) >= 11 is 0. The Kier molecular flexibility index (Phi) is 5.76. The zero-order chi connectivity index (χ0) is 21.0. The molecule has 1 fully saturated rings. The third-order valence-corrected chi connectivity index (χ3v) is 4.35. The Bertz CT molecular complexity index is 881. The number of anilines is 2. The molecule has 2 amide bonds. The van der Waals surface area contributed by atoms with E-state index in [0.717, 1.165) is 11.8 Å². The van der Waals surface area contributed by atoms with Crippen LogP contribution in [0.25, 0.3) is 0 Å². The van der Waals surface area contributed by atoms with Gasteiger partial charge in [0.2, 0.25) is 0 Å². The molecule has 3 rings (SSSR count). The quantitative estimate of drug-likeness (QED) is 0.611. The molecule has 2 aromatic rings. The second-order valence-corrected chi connectivity index (χ2v) is 6.22. The van der Waals surface area contributed by atoms with Gasteiger partial charge >= 0.3 is 12.4 Å². The van der Waals surface area contributed by atoms with Crippen molar-refractivity contribution in [2.45, 2.75) is 6.36 Å². The molecule has 8 nitrogen and oxygen atoms in total. The topological polar surface area (TPSA) is 88.0 Å². The number of hydrogen-bond donors (Lipinski definition) is 1. The molecule has 0 aromatic heterocycles. The van der Waals surface area contributed by atoms with Gasteiger partial charge in [0.05, 0.1) is 10.6 Å². The van der Waals surface area contributed by atoms with Crippen molar-refractivity contribution in [3.63, 3.8) is 0 Å². The van der Waals surface area contributed by atoms with E-state index in [0.29, 0.717) is 26.2 Å². The molecule has 0 bridgehead atoms. The Morgan fingerprint density at radius 1 is 1.03 bits per heavy atom.